The Kier molecular flexibility index (Phi) is 9.04. The molecule has 1 aromatic carbocycles. The quantitative estimate of drug-likeness (QED) is 0.433. The second kappa shape index (κ2) is 10.6. The Labute approximate surface area is 125 Å². The summed E-state index contributed by atoms with van der Waals surface area (Å²) in [6, 6.07) is 5.11. The monoisotopic (exact) mass is 298 g/mol. The van der Waals surface area contributed by atoms with Crippen LogP contribution >= 0.6 is 0 Å². The fourth-order valence-electron chi connectivity index (χ4n) is 1.71. The average molecular weight is 298 g/mol. The molecule has 0 aliphatic heterocycles. The highest BCUT2D eigenvalue weighted by Gasteiger charge is 2.13. The van der Waals surface area contributed by atoms with E-state index >= 15 is 0 Å². The molecule has 0 saturated carbocycles. The van der Waals surface area contributed by atoms with Crippen molar-refractivity contribution in [2.75, 3.05) is 46.8 Å². The maximum absolute atomic E-state index is 9.12. The molecular formula is C14H23BO6. The summed E-state index contributed by atoms with van der Waals surface area (Å²) >= 11 is 0. The normalized spacial score (nSPS) is 10.7. The van der Waals surface area contributed by atoms with Crippen LogP contribution in [0.2, 0.25) is 0 Å². The van der Waals surface area contributed by atoms with Crippen molar-refractivity contribution in [3.63, 3.8) is 0 Å². The first-order valence-corrected chi connectivity index (χ1v) is 6.89. The number of hydrogen-bond donors (Lipinski definition) is 2. The molecule has 0 bridgehead atoms. The van der Waals surface area contributed by atoms with Crippen LogP contribution < -0.4 is 10.2 Å². The third-order valence-electron chi connectivity index (χ3n) is 2.82. The molecule has 118 valence electrons. The number of rotatable bonds is 11. The fourth-order valence-corrected chi connectivity index (χ4v) is 1.71. The molecule has 6 nitrogen and oxygen atoms in total. The van der Waals surface area contributed by atoms with Gasteiger partial charge in [-0.2, -0.15) is 0 Å². The highest BCUT2D eigenvalue weighted by molar-refractivity contribution is 6.59. The minimum absolute atomic E-state index is 0.429. The van der Waals surface area contributed by atoms with Gasteiger partial charge in [-0.3, -0.25) is 0 Å². The number of methoxy groups -OCH3 is 1. The molecule has 1 rings (SSSR count). The van der Waals surface area contributed by atoms with E-state index in [0.29, 0.717) is 50.9 Å². The minimum atomic E-state index is -1.46. The van der Waals surface area contributed by atoms with E-state index in [1.165, 1.54) is 0 Å². The Hall–Kier alpha value is -1.12. The lowest BCUT2D eigenvalue weighted by atomic mass is 9.77. The number of aryl methyl sites for hydroxylation is 1. The Morgan fingerprint density at radius 3 is 2.14 bits per heavy atom. The summed E-state index contributed by atoms with van der Waals surface area (Å²) in [5.74, 6) is 0.678. The summed E-state index contributed by atoms with van der Waals surface area (Å²) in [5.41, 5.74) is 1.25. The van der Waals surface area contributed by atoms with E-state index in [1.54, 1.807) is 32.2 Å². The Morgan fingerprint density at radius 1 is 0.952 bits per heavy atom. The van der Waals surface area contributed by atoms with Gasteiger partial charge < -0.3 is 29.0 Å². The molecule has 7 heteroatoms. The van der Waals surface area contributed by atoms with E-state index in [2.05, 4.69) is 0 Å². The van der Waals surface area contributed by atoms with Crippen LogP contribution in [0.3, 0.4) is 0 Å². The first-order valence-electron chi connectivity index (χ1n) is 6.89. The number of benzene rings is 1. The summed E-state index contributed by atoms with van der Waals surface area (Å²) in [5, 5.41) is 18.2. The van der Waals surface area contributed by atoms with Gasteiger partial charge >= 0.3 is 7.12 Å². The predicted molar refractivity (Wildman–Crippen MR) is 80.0 cm³/mol. The van der Waals surface area contributed by atoms with Crippen LogP contribution in [0.15, 0.2) is 18.2 Å². The van der Waals surface area contributed by atoms with E-state index in [9.17, 15) is 0 Å². The zero-order chi connectivity index (χ0) is 15.5. The fraction of sp³-hybridized carbons (Fsp3) is 0.571. The van der Waals surface area contributed by atoms with Crippen molar-refractivity contribution in [1.82, 2.24) is 0 Å². The summed E-state index contributed by atoms with van der Waals surface area (Å²) in [6.07, 6.45) is 0. The molecule has 0 spiro atoms. The van der Waals surface area contributed by atoms with Crippen LogP contribution in [0.4, 0.5) is 0 Å². The summed E-state index contributed by atoms with van der Waals surface area (Å²) < 4.78 is 21.0. The van der Waals surface area contributed by atoms with E-state index in [-0.39, 0.29) is 0 Å². The third-order valence-corrected chi connectivity index (χ3v) is 2.82. The van der Waals surface area contributed by atoms with Crippen LogP contribution in [0.5, 0.6) is 5.75 Å². The maximum Gasteiger partial charge on any atom is 0.488 e. The third kappa shape index (κ3) is 7.45. The summed E-state index contributed by atoms with van der Waals surface area (Å²) in [6.45, 7) is 4.90. The Balaban J connectivity index is 2.11. The van der Waals surface area contributed by atoms with Crippen molar-refractivity contribution in [3.8, 4) is 5.75 Å². The van der Waals surface area contributed by atoms with Crippen LogP contribution in [0, 0.1) is 6.92 Å². The molecule has 0 aliphatic carbocycles. The zero-order valence-corrected chi connectivity index (χ0v) is 12.6. The molecule has 0 fully saturated rings. The standard InChI is InChI=1S/C14H23BO6/c1-12-11-13(3-4-14(12)15(16)17)21-10-9-20-8-7-19-6-5-18-2/h3-4,11,16-17H,5-10H2,1-2H3. The van der Waals surface area contributed by atoms with Crippen LogP contribution in [0.25, 0.3) is 0 Å². The van der Waals surface area contributed by atoms with Crippen molar-refractivity contribution < 1.29 is 29.0 Å². The van der Waals surface area contributed by atoms with Crippen molar-refractivity contribution in [2.45, 2.75) is 6.92 Å². The molecule has 1 aromatic rings. The van der Waals surface area contributed by atoms with Crippen molar-refractivity contribution >= 4 is 12.6 Å². The molecule has 2 N–H and O–H groups in total. The molecule has 0 heterocycles. The lowest BCUT2D eigenvalue weighted by molar-refractivity contribution is 0.0180. The highest BCUT2D eigenvalue weighted by Crippen LogP contribution is 2.11. The predicted octanol–water partition coefficient (Wildman–Crippen LogP) is -0.267. The molecule has 0 atom stereocenters. The first-order chi connectivity index (χ1) is 10.1. The first kappa shape index (κ1) is 17.9. The Bertz CT molecular complexity index is 399. The van der Waals surface area contributed by atoms with Gasteiger partial charge in [-0.05, 0) is 30.1 Å². The molecule has 0 unspecified atom stereocenters. The minimum Gasteiger partial charge on any atom is -0.491 e. The SMILES string of the molecule is COCCOCCOCCOc1ccc(B(O)O)c(C)c1. The molecular weight excluding hydrogens is 275 g/mol. The van der Waals surface area contributed by atoms with Crippen molar-refractivity contribution in [3.05, 3.63) is 23.8 Å². The number of hydrogen-bond acceptors (Lipinski definition) is 6. The van der Waals surface area contributed by atoms with Gasteiger partial charge in [-0.15, -0.1) is 0 Å². The van der Waals surface area contributed by atoms with Gasteiger partial charge in [0.15, 0.2) is 0 Å². The van der Waals surface area contributed by atoms with Crippen LogP contribution in [-0.2, 0) is 14.2 Å². The Morgan fingerprint density at radius 2 is 1.57 bits per heavy atom. The lowest BCUT2D eigenvalue weighted by Crippen LogP contribution is -2.31. The van der Waals surface area contributed by atoms with E-state index < -0.39 is 7.12 Å². The summed E-state index contributed by atoms with van der Waals surface area (Å²) in [7, 11) is 0.174. The van der Waals surface area contributed by atoms with Crippen LogP contribution in [0.1, 0.15) is 5.56 Å². The topological polar surface area (TPSA) is 77.4 Å². The van der Waals surface area contributed by atoms with Gasteiger partial charge in [-0.1, -0.05) is 6.07 Å². The van der Waals surface area contributed by atoms with Gasteiger partial charge in [-0.25, -0.2) is 0 Å². The average Bonchev–Trinajstić information content (AvgIpc) is 2.45. The molecule has 0 aliphatic rings. The lowest BCUT2D eigenvalue weighted by Gasteiger charge is -2.10. The van der Waals surface area contributed by atoms with Gasteiger partial charge in [0, 0.05) is 7.11 Å². The van der Waals surface area contributed by atoms with Crippen molar-refractivity contribution in [2.24, 2.45) is 0 Å². The van der Waals surface area contributed by atoms with Crippen LogP contribution in [-0.4, -0.2) is 63.9 Å². The van der Waals surface area contributed by atoms with Gasteiger partial charge in [0.25, 0.3) is 0 Å². The highest BCUT2D eigenvalue weighted by atomic mass is 16.6. The maximum atomic E-state index is 9.12. The second-order valence-electron chi connectivity index (χ2n) is 4.46. The number of ether oxygens (including phenoxy) is 4. The summed E-state index contributed by atoms with van der Waals surface area (Å²) in [4.78, 5) is 0. The van der Waals surface area contributed by atoms with E-state index in [0.717, 1.165) is 5.56 Å². The molecule has 0 aromatic heterocycles. The van der Waals surface area contributed by atoms with E-state index in [1.807, 2.05) is 0 Å². The molecule has 21 heavy (non-hydrogen) atoms. The largest absolute Gasteiger partial charge is 0.491 e. The molecule has 0 amide bonds. The van der Waals surface area contributed by atoms with E-state index in [4.69, 9.17) is 29.0 Å². The van der Waals surface area contributed by atoms with Crippen molar-refractivity contribution in [1.29, 1.82) is 0 Å². The van der Waals surface area contributed by atoms with Gasteiger partial charge in [0.1, 0.15) is 12.4 Å². The van der Waals surface area contributed by atoms with Gasteiger partial charge in [0.2, 0.25) is 0 Å². The molecule has 0 radical (unpaired) electrons. The smallest absolute Gasteiger partial charge is 0.488 e. The van der Waals surface area contributed by atoms with Gasteiger partial charge in [0.05, 0.1) is 33.0 Å². The second-order valence-corrected chi connectivity index (χ2v) is 4.46. The zero-order valence-electron chi connectivity index (χ0n) is 12.6. The molecule has 0 saturated heterocycles.